The Kier molecular flexibility index (Phi) is 3.06. The van der Waals surface area contributed by atoms with Gasteiger partial charge in [0.1, 0.15) is 5.75 Å². The Morgan fingerprint density at radius 3 is 2.95 bits per heavy atom. The van der Waals surface area contributed by atoms with Crippen LogP contribution in [0.1, 0.15) is 23.1 Å². The van der Waals surface area contributed by atoms with Crippen LogP contribution in [-0.4, -0.2) is 11.6 Å². The lowest BCUT2D eigenvalue weighted by Gasteiger charge is -2.23. The van der Waals surface area contributed by atoms with Crippen LogP contribution in [-0.2, 0) is 0 Å². The van der Waals surface area contributed by atoms with E-state index in [4.69, 9.17) is 16.3 Å². The molecule has 0 spiro atoms. The molecule has 2 unspecified atom stereocenters. The van der Waals surface area contributed by atoms with E-state index in [1.54, 1.807) is 18.5 Å². The van der Waals surface area contributed by atoms with E-state index in [1.165, 1.54) is 0 Å². The quantitative estimate of drug-likeness (QED) is 0.570. The van der Waals surface area contributed by atoms with Gasteiger partial charge in [0.2, 0.25) is 0 Å². The summed E-state index contributed by atoms with van der Waals surface area (Å²) in [6, 6.07) is 9.66. The summed E-state index contributed by atoms with van der Waals surface area (Å²) in [4.78, 5) is 4.13. The van der Waals surface area contributed by atoms with Crippen LogP contribution in [0.2, 0.25) is 0 Å². The molecule has 1 aromatic heterocycles. The van der Waals surface area contributed by atoms with Crippen molar-refractivity contribution in [2.45, 2.75) is 12.0 Å². The van der Waals surface area contributed by atoms with Crippen molar-refractivity contribution in [1.82, 2.24) is 10.4 Å². The molecule has 0 bridgehead atoms. The molecular weight excluding hydrogens is 240 g/mol. The normalized spacial score (nSPS) is 18.7. The van der Waals surface area contributed by atoms with Gasteiger partial charge in [-0.25, -0.2) is 0 Å². The van der Waals surface area contributed by atoms with Gasteiger partial charge in [-0.05, 0) is 12.1 Å². The Hall–Kier alpha value is -2.11. The molecule has 98 valence electrons. The number of aromatic nitrogens is 1. The number of ether oxygens (including phenoxy) is 1. The van der Waals surface area contributed by atoms with Gasteiger partial charge in [0.05, 0.1) is 12.6 Å². The third-order valence-electron chi connectivity index (χ3n) is 3.54. The largest absolute Gasteiger partial charge is 0.493 e. The topological polar surface area (TPSA) is 86.2 Å². The van der Waals surface area contributed by atoms with E-state index in [0.29, 0.717) is 12.3 Å². The van der Waals surface area contributed by atoms with Crippen molar-refractivity contribution in [3.05, 3.63) is 53.9 Å². The summed E-state index contributed by atoms with van der Waals surface area (Å²) in [7, 11) is 0. The Balaban J connectivity index is 1.99. The molecule has 0 amide bonds. The first kappa shape index (κ1) is 12.0. The second kappa shape index (κ2) is 4.87. The lowest BCUT2D eigenvalue weighted by molar-refractivity contribution is 0.300. The van der Waals surface area contributed by atoms with E-state index in [1.807, 2.05) is 18.2 Å². The maximum absolute atomic E-state index is 6.01. The zero-order valence-electron chi connectivity index (χ0n) is 10.4. The minimum atomic E-state index is -0.114. The van der Waals surface area contributed by atoms with Gasteiger partial charge in [-0.1, -0.05) is 18.2 Å². The number of rotatable bonds is 3. The molecule has 1 aromatic carbocycles. The smallest absolute Gasteiger partial charge is 0.122 e. The van der Waals surface area contributed by atoms with Crippen molar-refractivity contribution in [3.8, 4) is 5.75 Å². The predicted molar refractivity (Wildman–Crippen MR) is 73.4 cm³/mol. The van der Waals surface area contributed by atoms with Crippen LogP contribution >= 0.6 is 0 Å². The number of hydrazine groups is 1. The highest BCUT2D eigenvalue weighted by Gasteiger charge is 2.32. The molecule has 0 radical (unpaired) electrons. The number of nitrogen functional groups attached to an aromatic ring is 1. The van der Waals surface area contributed by atoms with Crippen molar-refractivity contribution in [3.63, 3.8) is 0 Å². The Bertz CT molecular complexity index is 587. The average Bonchev–Trinajstić information content (AvgIpc) is 2.86. The van der Waals surface area contributed by atoms with Crippen molar-refractivity contribution in [1.29, 1.82) is 0 Å². The summed E-state index contributed by atoms with van der Waals surface area (Å²) in [5.41, 5.74) is 11.6. The minimum Gasteiger partial charge on any atom is -0.493 e. The zero-order valence-corrected chi connectivity index (χ0v) is 10.4. The van der Waals surface area contributed by atoms with Crippen LogP contribution < -0.4 is 21.7 Å². The number of nitrogens with one attached hydrogen (secondary N) is 1. The fourth-order valence-electron chi connectivity index (χ4n) is 2.56. The molecule has 1 aliphatic heterocycles. The van der Waals surface area contributed by atoms with E-state index in [-0.39, 0.29) is 12.0 Å². The number of benzene rings is 1. The van der Waals surface area contributed by atoms with Gasteiger partial charge in [0.25, 0.3) is 0 Å². The number of para-hydroxylation sites is 1. The maximum atomic E-state index is 6.01. The van der Waals surface area contributed by atoms with Gasteiger partial charge in [-0.3, -0.25) is 16.3 Å². The molecule has 0 saturated carbocycles. The highest BCUT2D eigenvalue weighted by molar-refractivity contribution is 5.49. The van der Waals surface area contributed by atoms with Crippen molar-refractivity contribution < 1.29 is 4.74 Å². The molecule has 2 atom stereocenters. The molecule has 5 N–H and O–H groups in total. The zero-order chi connectivity index (χ0) is 13.2. The number of fused-ring (bicyclic) bond motifs is 1. The lowest BCUT2D eigenvalue weighted by Crippen LogP contribution is -2.33. The molecule has 0 aliphatic carbocycles. The number of hydrogen-bond donors (Lipinski definition) is 3. The Morgan fingerprint density at radius 1 is 1.32 bits per heavy atom. The second-order valence-corrected chi connectivity index (χ2v) is 4.60. The molecule has 5 heteroatoms. The van der Waals surface area contributed by atoms with Gasteiger partial charge in [0.15, 0.2) is 0 Å². The van der Waals surface area contributed by atoms with Crippen molar-refractivity contribution >= 4 is 5.69 Å². The first-order valence-electron chi connectivity index (χ1n) is 6.18. The first-order chi connectivity index (χ1) is 9.31. The molecule has 19 heavy (non-hydrogen) atoms. The number of nitrogens with zero attached hydrogens (tertiary/aromatic N) is 1. The van der Waals surface area contributed by atoms with Crippen LogP contribution in [0.15, 0.2) is 42.7 Å². The number of pyridine rings is 1. The standard InChI is InChI=1S/C14H16N4O/c15-12-5-6-17-7-10(12)14(18-16)11-8-19-13-4-2-1-3-9(11)13/h1-7,11,14,18H,8,16H2,(H2,15,17). The summed E-state index contributed by atoms with van der Waals surface area (Å²) >= 11 is 0. The maximum Gasteiger partial charge on any atom is 0.122 e. The van der Waals surface area contributed by atoms with Crippen molar-refractivity contribution in [2.24, 2.45) is 5.84 Å². The van der Waals surface area contributed by atoms with E-state index < -0.39 is 0 Å². The van der Waals surface area contributed by atoms with Gasteiger partial charge in [-0.2, -0.15) is 0 Å². The van der Waals surface area contributed by atoms with Crippen LogP contribution in [0.5, 0.6) is 5.75 Å². The molecule has 0 saturated heterocycles. The number of nitrogens with two attached hydrogens (primary N) is 2. The fraction of sp³-hybridized carbons (Fsp3) is 0.214. The third kappa shape index (κ3) is 2.03. The Morgan fingerprint density at radius 2 is 2.16 bits per heavy atom. The number of hydrogen-bond acceptors (Lipinski definition) is 5. The lowest BCUT2D eigenvalue weighted by atomic mass is 9.89. The van der Waals surface area contributed by atoms with Gasteiger partial charge >= 0.3 is 0 Å². The third-order valence-corrected chi connectivity index (χ3v) is 3.54. The minimum absolute atomic E-state index is 0.114. The second-order valence-electron chi connectivity index (χ2n) is 4.60. The highest BCUT2D eigenvalue weighted by atomic mass is 16.5. The first-order valence-corrected chi connectivity index (χ1v) is 6.18. The average molecular weight is 256 g/mol. The van der Waals surface area contributed by atoms with Crippen LogP contribution in [0.25, 0.3) is 0 Å². The van der Waals surface area contributed by atoms with E-state index in [9.17, 15) is 0 Å². The highest BCUT2D eigenvalue weighted by Crippen LogP contribution is 2.41. The predicted octanol–water partition coefficient (Wildman–Crippen LogP) is 1.34. The summed E-state index contributed by atoms with van der Waals surface area (Å²) < 4.78 is 5.70. The van der Waals surface area contributed by atoms with E-state index in [2.05, 4.69) is 16.5 Å². The molecule has 2 heterocycles. The van der Waals surface area contributed by atoms with Crippen molar-refractivity contribution in [2.75, 3.05) is 12.3 Å². The van der Waals surface area contributed by atoms with Gasteiger partial charge < -0.3 is 10.5 Å². The summed E-state index contributed by atoms with van der Waals surface area (Å²) in [6.07, 6.45) is 3.42. The SMILES string of the molecule is NNC(c1cnccc1N)C1COc2ccccc21. The number of anilines is 1. The molecule has 3 rings (SSSR count). The fourth-order valence-corrected chi connectivity index (χ4v) is 2.56. The molecule has 2 aromatic rings. The molecule has 1 aliphatic rings. The molecule has 0 fully saturated rings. The van der Waals surface area contributed by atoms with Gasteiger partial charge in [0, 0.05) is 35.1 Å². The summed E-state index contributed by atoms with van der Waals surface area (Å²) in [5.74, 6) is 6.77. The van der Waals surface area contributed by atoms with Crippen LogP contribution in [0.3, 0.4) is 0 Å². The molecule has 5 nitrogen and oxygen atoms in total. The van der Waals surface area contributed by atoms with Crippen LogP contribution in [0, 0.1) is 0 Å². The van der Waals surface area contributed by atoms with E-state index in [0.717, 1.165) is 16.9 Å². The Labute approximate surface area is 111 Å². The summed E-state index contributed by atoms with van der Waals surface area (Å²) in [6.45, 7) is 0.586. The molecular formula is C14H16N4O. The van der Waals surface area contributed by atoms with Crippen LogP contribution in [0.4, 0.5) is 5.69 Å². The van der Waals surface area contributed by atoms with E-state index >= 15 is 0 Å². The monoisotopic (exact) mass is 256 g/mol. The van der Waals surface area contributed by atoms with Gasteiger partial charge in [-0.15, -0.1) is 0 Å². The summed E-state index contributed by atoms with van der Waals surface area (Å²) in [5, 5.41) is 0.